The first-order valence-electron chi connectivity index (χ1n) is 8.48. The fraction of sp³-hybridized carbons (Fsp3) is 0.211. The normalized spacial score (nSPS) is 10.6. The van der Waals surface area contributed by atoms with Gasteiger partial charge in [-0.2, -0.15) is 0 Å². The maximum atomic E-state index is 12.4. The first kappa shape index (κ1) is 18.2. The Balaban J connectivity index is 1.70. The van der Waals surface area contributed by atoms with Crippen molar-refractivity contribution in [3.05, 3.63) is 64.4 Å². The summed E-state index contributed by atoms with van der Waals surface area (Å²) in [5.74, 6) is -0.862. The van der Waals surface area contributed by atoms with Gasteiger partial charge in [0.1, 0.15) is 5.52 Å². The summed E-state index contributed by atoms with van der Waals surface area (Å²) in [5, 5.41) is 11.0. The zero-order chi connectivity index (χ0) is 19.2. The van der Waals surface area contributed by atoms with Crippen LogP contribution in [0.5, 0.6) is 0 Å². The summed E-state index contributed by atoms with van der Waals surface area (Å²) in [7, 11) is 0. The molecular formula is C19H18N4O4. The predicted octanol–water partition coefficient (Wildman–Crippen LogP) is 2.00. The van der Waals surface area contributed by atoms with Crippen LogP contribution >= 0.6 is 0 Å². The lowest BCUT2D eigenvalue weighted by Gasteiger charge is -2.10. The molecule has 0 saturated heterocycles. The van der Waals surface area contributed by atoms with E-state index < -0.39 is 5.97 Å². The number of aryl methyl sites for hydroxylation is 1. The lowest BCUT2D eigenvalue weighted by molar-refractivity contribution is -0.116. The molecule has 0 fully saturated rings. The van der Waals surface area contributed by atoms with Crippen molar-refractivity contribution >= 4 is 28.5 Å². The van der Waals surface area contributed by atoms with Gasteiger partial charge < -0.3 is 10.1 Å². The van der Waals surface area contributed by atoms with Gasteiger partial charge in [0.05, 0.1) is 29.8 Å². The summed E-state index contributed by atoms with van der Waals surface area (Å²) < 4.78 is 6.13. The molecule has 0 spiro atoms. The molecule has 0 aliphatic rings. The van der Waals surface area contributed by atoms with Gasteiger partial charge in [0, 0.05) is 6.42 Å². The van der Waals surface area contributed by atoms with E-state index in [0.717, 1.165) is 4.68 Å². The fourth-order valence-corrected chi connectivity index (χ4v) is 2.57. The average Bonchev–Trinajstić information content (AvgIpc) is 2.68. The van der Waals surface area contributed by atoms with E-state index in [9.17, 15) is 14.4 Å². The first-order valence-corrected chi connectivity index (χ1v) is 8.48. The molecule has 138 valence electrons. The second-order valence-corrected chi connectivity index (χ2v) is 5.70. The third kappa shape index (κ3) is 4.17. The number of hydrogen-bond acceptors (Lipinski definition) is 6. The van der Waals surface area contributed by atoms with Gasteiger partial charge in [-0.3, -0.25) is 9.59 Å². The molecule has 0 unspecified atom stereocenters. The molecule has 0 radical (unpaired) electrons. The van der Waals surface area contributed by atoms with Crippen LogP contribution in [-0.2, 0) is 16.1 Å². The fourth-order valence-electron chi connectivity index (χ4n) is 2.57. The molecule has 3 aromatic rings. The van der Waals surface area contributed by atoms with E-state index in [1.807, 2.05) is 0 Å². The predicted molar refractivity (Wildman–Crippen MR) is 99.4 cm³/mol. The van der Waals surface area contributed by atoms with Gasteiger partial charge >= 0.3 is 5.97 Å². The summed E-state index contributed by atoms with van der Waals surface area (Å²) in [6, 6.07) is 13.5. The Labute approximate surface area is 154 Å². The van der Waals surface area contributed by atoms with Crippen LogP contribution in [0.25, 0.3) is 10.9 Å². The number of carbonyl (C=O) groups excluding carboxylic acids is 2. The van der Waals surface area contributed by atoms with E-state index in [0.29, 0.717) is 16.6 Å². The number of esters is 1. The van der Waals surface area contributed by atoms with Gasteiger partial charge in [-0.05, 0) is 31.2 Å². The summed E-state index contributed by atoms with van der Waals surface area (Å²) in [5.41, 5.74) is 0.833. The van der Waals surface area contributed by atoms with Gasteiger partial charge in [0.15, 0.2) is 0 Å². The van der Waals surface area contributed by atoms with Gasteiger partial charge in [0.25, 0.3) is 5.56 Å². The molecular weight excluding hydrogens is 348 g/mol. The molecule has 0 aliphatic heterocycles. The lowest BCUT2D eigenvalue weighted by atomic mass is 10.1. The Bertz CT molecular complexity index is 1050. The highest BCUT2D eigenvalue weighted by Gasteiger charge is 2.14. The number of nitrogens with one attached hydrogen (secondary N) is 1. The van der Waals surface area contributed by atoms with E-state index in [4.69, 9.17) is 4.74 Å². The van der Waals surface area contributed by atoms with Crippen molar-refractivity contribution in [2.45, 2.75) is 19.9 Å². The second kappa shape index (κ2) is 8.22. The van der Waals surface area contributed by atoms with Crippen molar-refractivity contribution in [1.82, 2.24) is 15.0 Å². The van der Waals surface area contributed by atoms with Gasteiger partial charge in [0.2, 0.25) is 5.91 Å². The standard InChI is InChI=1S/C19H18N4O4/c1-2-27-19(26)14-8-4-5-9-15(14)20-17(24)11-12-23-18(25)13-7-3-6-10-16(13)21-22-23/h3-10H,2,11-12H2,1H3,(H,20,24). The van der Waals surface area contributed by atoms with Crippen molar-refractivity contribution in [3.8, 4) is 0 Å². The van der Waals surface area contributed by atoms with Crippen molar-refractivity contribution in [2.24, 2.45) is 0 Å². The maximum Gasteiger partial charge on any atom is 0.340 e. The number of hydrogen-bond donors (Lipinski definition) is 1. The Morgan fingerprint density at radius 2 is 1.85 bits per heavy atom. The van der Waals surface area contributed by atoms with Crippen LogP contribution in [0.3, 0.4) is 0 Å². The van der Waals surface area contributed by atoms with E-state index in [-0.39, 0.29) is 36.6 Å². The third-order valence-corrected chi connectivity index (χ3v) is 3.88. The Morgan fingerprint density at radius 1 is 1.11 bits per heavy atom. The molecule has 0 atom stereocenters. The summed E-state index contributed by atoms with van der Waals surface area (Å²) >= 11 is 0. The molecule has 8 heteroatoms. The highest BCUT2D eigenvalue weighted by Crippen LogP contribution is 2.16. The lowest BCUT2D eigenvalue weighted by Crippen LogP contribution is -2.26. The smallest absolute Gasteiger partial charge is 0.340 e. The molecule has 1 amide bonds. The van der Waals surface area contributed by atoms with Gasteiger partial charge in [-0.15, -0.1) is 5.10 Å². The van der Waals surface area contributed by atoms with Crippen LogP contribution in [0.15, 0.2) is 53.3 Å². The van der Waals surface area contributed by atoms with Crippen molar-refractivity contribution in [3.63, 3.8) is 0 Å². The highest BCUT2D eigenvalue weighted by molar-refractivity contribution is 6.01. The minimum atomic E-state index is -0.509. The zero-order valence-corrected chi connectivity index (χ0v) is 14.7. The monoisotopic (exact) mass is 366 g/mol. The Morgan fingerprint density at radius 3 is 2.67 bits per heavy atom. The van der Waals surface area contributed by atoms with Crippen LogP contribution in [-0.4, -0.2) is 33.5 Å². The topological polar surface area (TPSA) is 103 Å². The van der Waals surface area contributed by atoms with Crippen LogP contribution in [0.4, 0.5) is 5.69 Å². The average molecular weight is 366 g/mol. The number of carbonyl (C=O) groups is 2. The number of ether oxygens (including phenoxy) is 1. The third-order valence-electron chi connectivity index (χ3n) is 3.88. The molecule has 8 nitrogen and oxygen atoms in total. The quantitative estimate of drug-likeness (QED) is 0.669. The molecule has 1 N–H and O–H groups in total. The van der Waals surface area contributed by atoms with Gasteiger partial charge in [-0.1, -0.05) is 29.5 Å². The minimum absolute atomic E-state index is 0.00405. The largest absolute Gasteiger partial charge is 0.462 e. The molecule has 27 heavy (non-hydrogen) atoms. The van der Waals surface area contributed by atoms with Crippen molar-refractivity contribution in [2.75, 3.05) is 11.9 Å². The SMILES string of the molecule is CCOC(=O)c1ccccc1NC(=O)CCn1nnc2ccccc2c1=O. The van der Waals surface area contributed by atoms with Crippen molar-refractivity contribution < 1.29 is 14.3 Å². The van der Waals surface area contributed by atoms with Crippen LogP contribution in [0.1, 0.15) is 23.7 Å². The number of fused-ring (bicyclic) bond motifs is 1. The number of nitrogens with zero attached hydrogens (tertiary/aromatic N) is 3. The number of anilines is 1. The number of amides is 1. The van der Waals surface area contributed by atoms with E-state index in [2.05, 4.69) is 15.6 Å². The minimum Gasteiger partial charge on any atom is -0.462 e. The summed E-state index contributed by atoms with van der Waals surface area (Å²) in [6.45, 7) is 2.02. The van der Waals surface area contributed by atoms with Crippen LogP contribution in [0, 0.1) is 0 Å². The molecule has 1 aromatic heterocycles. The molecule has 0 saturated carbocycles. The maximum absolute atomic E-state index is 12.4. The highest BCUT2D eigenvalue weighted by atomic mass is 16.5. The van der Waals surface area contributed by atoms with Crippen LogP contribution < -0.4 is 10.9 Å². The molecule has 3 rings (SSSR count). The summed E-state index contributed by atoms with van der Waals surface area (Å²) in [6.07, 6.45) is 0.00405. The molecule has 2 aromatic carbocycles. The molecule has 1 heterocycles. The number of aromatic nitrogens is 3. The Kier molecular flexibility index (Phi) is 5.55. The van der Waals surface area contributed by atoms with Gasteiger partial charge in [-0.25, -0.2) is 9.48 Å². The Hall–Kier alpha value is -3.55. The molecule has 0 bridgehead atoms. The first-order chi connectivity index (χ1) is 13.1. The number of benzene rings is 2. The summed E-state index contributed by atoms with van der Waals surface area (Å²) in [4.78, 5) is 36.6. The number of para-hydroxylation sites is 1. The zero-order valence-electron chi connectivity index (χ0n) is 14.7. The molecule has 0 aliphatic carbocycles. The number of rotatable bonds is 6. The van der Waals surface area contributed by atoms with Crippen LogP contribution in [0.2, 0.25) is 0 Å². The van der Waals surface area contributed by atoms with E-state index in [1.165, 1.54) is 0 Å². The van der Waals surface area contributed by atoms with Crippen molar-refractivity contribution in [1.29, 1.82) is 0 Å². The van der Waals surface area contributed by atoms with E-state index >= 15 is 0 Å². The van der Waals surface area contributed by atoms with E-state index in [1.54, 1.807) is 55.5 Å². The second-order valence-electron chi connectivity index (χ2n) is 5.70.